The van der Waals surface area contributed by atoms with Gasteiger partial charge in [0.2, 0.25) is 5.91 Å². The van der Waals surface area contributed by atoms with E-state index in [-0.39, 0.29) is 35.8 Å². The van der Waals surface area contributed by atoms with Gasteiger partial charge in [0.25, 0.3) is 0 Å². The van der Waals surface area contributed by atoms with E-state index >= 15 is 0 Å². The summed E-state index contributed by atoms with van der Waals surface area (Å²) >= 11 is 0. The van der Waals surface area contributed by atoms with Crippen LogP contribution < -0.4 is 16.0 Å². The number of amides is 1. The van der Waals surface area contributed by atoms with Crippen molar-refractivity contribution in [3.05, 3.63) is 35.4 Å². The molecule has 1 aliphatic heterocycles. The summed E-state index contributed by atoms with van der Waals surface area (Å²) in [5.74, 6) is 1.25. The normalized spacial score (nSPS) is 17.3. The van der Waals surface area contributed by atoms with Gasteiger partial charge in [-0.2, -0.15) is 0 Å². The van der Waals surface area contributed by atoms with E-state index in [4.69, 9.17) is 4.99 Å². The molecule has 3 N–H and O–H groups in total. The summed E-state index contributed by atoms with van der Waals surface area (Å²) in [6.07, 6.45) is 6.07. The van der Waals surface area contributed by atoms with Gasteiger partial charge in [0.05, 0.1) is 6.54 Å². The quantitative estimate of drug-likeness (QED) is 0.206. The van der Waals surface area contributed by atoms with E-state index in [1.54, 1.807) is 0 Å². The van der Waals surface area contributed by atoms with Crippen LogP contribution in [0.1, 0.15) is 50.2 Å². The van der Waals surface area contributed by atoms with Crippen molar-refractivity contribution >= 4 is 35.8 Å². The molecule has 162 valence electrons. The maximum atomic E-state index is 11.7. The highest BCUT2D eigenvalue weighted by molar-refractivity contribution is 14.0. The number of hydrogen-bond acceptors (Lipinski definition) is 3. The Morgan fingerprint density at radius 2 is 1.72 bits per heavy atom. The number of piperidine rings is 1. The lowest BCUT2D eigenvalue weighted by molar-refractivity contribution is -0.122. The Bertz CT molecular complexity index is 656. The second-order valence-electron chi connectivity index (χ2n) is 7.79. The fourth-order valence-corrected chi connectivity index (χ4v) is 3.59. The number of carbonyl (C=O) groups excluding carboxylic acids is 1. The largest absolute Gasteiger partial charge is 0.357 e. The summed E-state index contributed by atoms with van der Waals surface area (Å²) in [7, 11) is 0. The monoisotopic (exact) mass is 513 g/mol. The van der Waals surface area contributed by atoms with E-state index in [9.17, 15) is 4.79 Å². The number of hydrogen-bond donors (Lipinski definition) is 3. The van der Waals surface area contributed by atoms with Crippen molar-refractivity contribution in [1.29, 1.82) is 0 Å². The molecule has 0 spiro atoms. The molecule has 6 nitrogen and oxygen atoms in total. The molecule has 29 heavy (non-hydrogen) atoms. The second kappa shape index (κ2) is 13.1. The molecule has 1 saturated heterocycles. The lowest BCUT2D eigenvalue weighted by atomic mass is 10.1. The number of guanidine groups is 1. The molecule has 3 rings (SSSR count). The number of carbonyl (C=O) groups is 1. The van der Waals surface area contributed by atoms with Gasteiger partial charge in [-0.1, -0.05) is 30.7 Å². The van der Waals surface area contributed by atoms with E-state index in [1.807, 2.05) is 0 Å². The van der Waals surface area contributed by atoms with Gasteiger partial charge in [-0.25, -0.2) is 4.99 Å². The van der Waals surface area contributed by atoms with Crippen LogP contribution in [-0.2, 0) is 17.9 Å². The zero-order valence-electron chi connectivity index (χ0n) is 17.6. The van der Waals surface area contributed by atoms with Gasteiger partial charge in [0.15, 0.2) is 5.96 Å². The Morgan fingerprint density at radius 1 is 1.03 bits per heavy atom. The van der Waals surface area contributed by atoms with Gasteiger partial charge in [0.1, 0.15) is 0 Å². The Balaban J connectivity index is 0.00000300. The Hall–Kier alpha value is -1.35. The second-order valence-corrected chi connectivity index (χ2v) is 7.79. The lowest BCUT2D eigenvalue weighted by Crippen LogP contribution is -2.41. The highest BCUT2D eigenvalue weighted by Gasteiger charge is 2.28. The van der Waals surface area contributed by atoms with Crippen LogP contribution in [0, 0.1) is 5.92 Å². The average Bonchev–Trinajstić information content (AvgIpc) is 3.56. The van der Waals surface area contributed by atoms with E-state index in [1.165, 1.54) is 43.5 Å². The van der Waals surface area contributed by atoms with Crippen molar-refractivity contribution in [3.63, 3.8) is 0 Å². The summed E-state index contributed by atoms with van der Waals surface area (Å²) < 4.78 is 0. The molecule has 1 aliphatic carbocycles. The minimum Gasteiger partial charge on any atom is -0.357 e. The first kappa shape index (κ1) is 23.9. The summed E-state index contributed by atoms with van der Waals surface area (Å²) in [6.45, 7) is 8.27. The summed E-state index contributed by atoms with van der Waals surface area (Å²) in [5, 5.41) is 9.59. The van der Waals surface area contributed by atoms with E-state index < -0.39 is 0 Å². The molecule has 0 atom stereocenters. The van der Waals surface area contributed by atoms with Crippen molar-refractivity contribution in [2.24, 2.45) is 10.9 Å². The number of nitrogens with zero attached hydrogens (tertiary/aromatic N) is 2. The van der Waals surface area contributed by atoms with E-state index in [0.29, 0.717) is 19.6 Å². The number of rotatable bonds is 9. The Morgan fingerprint density at radius 3 is 2.41 bits per heavy atom. The number of halogens is 1. The first-order valence-corrected chi connectivity index (χ1v) is 10.9. The van der Waals surface area contributed by atoms with Crippen molar-refractivity contribution in [2.75, 3.05) is 32.7 Å². The molecule has 1 heterocycles. The van der Waals surface area contributed by atoms with Gasteiger partial charge >= 0.3 is 0 Å². The number of benzene rings is 1. The van der Waals surface area contributed by atoms with Crippen LogP contribution in [0.3, 0.4) is 0 Å². The number of nitrogens with one attached hydrogen (secondary N) is 3. The Labute approximate surface area is 192 Å². The van der Waals surface area contributed by atoms with E-state index in [2.05, 4.69) is 52.0 Å². The van der Waals surface area contributed by atoms with Crippen LogP contribution in [-0.4, -0.2) is 49.5 Å². The summed E-state index contributed by atoms with van der Waals surface area (Å²) in [6, 6.07) is 8.63. The zero-order valence-corrected chi connectivity index (χ0v) is 19.9. The van der Waals surface area contributed by atoms with Crippen LogP contribution in [0.15, 0.2) is 29.3 Å². The topological polar surface area (TPSA) is 68.8 Å². The van der Waals surface area contributed by atoms with Crippen molar-refractivity contribution in [1.82, 2.24) is 20.9 Å². The fourth-order valence-electron chi connectivity index (χ4n) is 3.59. The zero-order chi connectivity index (χ0) is 19.6. The first-order chi connectivity index (χ1) is 13.8. The smallest absolute Gasteiger partial charge is 0.223 e. The standard InChI is InChI=1S/C22H35N5O.HI/c1-2-23-22(25-13-12-24-21(28)18-10-11-18)26-16-19-8-4-5-9-20(19)17-27-14-6-3-7-15-27;/h4-5,8-9,18H,2-3,6-7,10-17H2,1H3,(H,24,28)(H2,23,25,26);1H. The van der Waals surface area contributed by atoms with Gasteiger partial charge in [-0.05, 0) is 56.8 Å². The third-order valence-corrected chi connectivity index (χ3v) is 5.38. The predicted octanol–water partition coefficient (Wildman–Crippen LogP) is 2.87. The highest BCUT2D eigenvalue weighted by atomic mass is 127. The molecule has 1 aromatic rings. The predicted molar refractivity (Wildman–Crippen MR) is 130 cm³/mol. The maximum Gasteiger partial charge on any atom is 0.223 e. The molecule has 2 aliphatic rings. The molecule has 7 heteroatoms. The molecule has 0 aromatic heterocycles. The molecule has 0 unspecified atom stereocenters. The van der Waals surface area contributed by atoms with E-state index in [0.717, 1.165) is 31.9 Å². The molecule has 2 fully saturated rings. The van der Waals surface area contributed by atoms with Crippen molar-refractivity contribution < 1.29 is 4.79 Å². The first-order valence-electron chi connectivity index (χ1n) is 10.9. The highest BCUT2D eigenvalue weighted by Crippen LogP contribution is 2.28. The van der Waals surface area contributed by atoms with Crippen molar-refractivity contribution in [2.45, 2.75) is 52.1 Å². The SMILES string of the molecule is CCNC(=NCc1ccccc1CN1CCCCC1)NCCNC(=O)C1CC1.I. The molecule has 1 saturated carbocycles. The van der Waals surface area contributed by atoms with Crippen LogP contribution >= 0.6 is 24.0 Å². The third kappa shape index (κ3) is 8.50. The van der Waals surface area contributed by atoms with Gasteiger partial charge in [-0.15, -0.1) is 24.0 Å². The van der Waals surface area contributed by atoms with Crippen LogP contribution in [0.4, 0.5) is 0 Å². The van der Waals surface area contributed by atoms with Crippen LogP contribution in [0.2, 0.25) is 0 Å². The van der Waals surface area contributed by atoms with Gasteiger partial charge < -0.3 is 16.0 Å². The number of aliphatic imine (C=N–C) groups is 1. The summed E-state index contributed by atoms with van der Waals surface area (Å²) in [5.41, 5.74) is 2.66. The fraction of sp³-hybridized carbons (Fsp3) is 0.636. The minimum atomic E-state index is 0. The van der Waals surface area contributed by atoms with Gasteiger partial charge in [0, 0.05) is 32.1 Å². The number of likely N-dealkylation sites (tertiary alicyclic amines) is 1. The molecule has 1 amide bonds. The molecule has 0 radical (unpaired) electrons. The molecular formula is C22H36IN5O. The van der Waals surface area contributed by atoms with Crippen LogP contribution in [0.25, 0.3) is 0 Å². The lowest BCUT2D eigenvalue weighted by Gasteiger charge is -2.27. The van der Waals surface area contributed by atoms with Crippen molar-refractivity contribution in [3.8, 4) is 0 Å². The van der Waals surface area contributed by atoms with Gasteiger partial charge in [-0.3, -0.25) is 9.69 Å². The summed E-state index contributed by atoms with van der Waals surface area (Å²) in [4.78, 5) is 19.0. The molecule has 1 aromatic carbocycles. The maximum absolute atomic E-state index is 11.7. The molecule has 0 bridgehead atoms. The van der Waals surface area contributed by atoms with Crippen LogP contribution in [0.5, 0.6) is 0 Å². The Kier molecular flexibility index (Phi) is 10.8. The molecular weight excluding hydrogens is 477 g/mol. The third-order valence-electron chi connectivity index (χ3n) is 5.38. The minimum absolute atomic E-state index is 0. The average molecular weight is 513 g/mol.